The van der Waals surface area contributed by atoms with E-state index in [1.807, 2.05) is 30.9 Å². The van der Waals surface area contributed by atoms with Crippen molar-refractivity contribution in [1.29, 1.82) is 0 Å². The zero-order valence-corrected chi connectivity index (χ0v) is 18.9. The number of hydrogen-bond acceptors (Lipinski definition) is 6. The third-order valence-electron chi connectivity index (χ3n) is 6.45. The number of hydrogen-bond donors (Lipinski definition) is 1. The fourth-order valence-corrected chi connectivity index (χ4v) is 4.53. The molecule has 1 saturated carbocycles. The second kappa shape index (κ2) is 8.59. The van der Waals surface area contributed by atoms with Crippen LogP contribution in [0.4, 0.5) is 4.79 Å². The Labute approximate surface area is 186 Å². The zero-order valence-electron chi connectivity index (χ0n) is 18.1. The minimum absolute atomic E-state index is 0.0619. The van der Waals surface area contributed by atoms with E-state index in [1.54, 1.807) is 12.1 Å². The largest absolute Gasteiger partial charge is 0.419 e. The molecule has 1 aliphatic heterocycles. The molecular formula is C22H28ClN5O3. The predicted molar refractivity (Wildman–Crippen MR) is 116 cm³/mol. The highest BCUT2D eigenvalue weighted by Crippen LogP contribution is 2.38. The monoisotopic (exact) mass is 445 g/mol. The van der Waals surface area contributed by atoms with Gasteiger partial charge in [-0.15, -0.1) is 10.2 Å². The third kappa shape index (κ3) is 4.19. The lowest BCUT2D eigenvalue weighted by Gasteiger charge is -2.37. The summed E-state index contributed by atoms with van der Waals surface area (Å²) < 4.78 is 5.82. The molecule has 8 nitrogen and oxygen atoms in total. The number of urea groups is 1. The van der Waals surface area contributed by atoms with Gasteiger partial charge in [-0.2, -0.15) is 0 Å². The summed E-state index contributed by atoms with van der Waals surface area (Å²) in [6.07, 6.45) is 3.69. The summed E-state index contributed by atoms with van der Waals surface area (Å²) in [6.45, 7) is 6.58. The van der Waals surface area contributed by atoms with Crippen molar-refractivity contribution in [1.82, 2.24) is 25.3 Å². The van der Waals surface area contributed by atoms with Gasteiger partial charge in [0.15, 0.2) is 0 Å². The van der Waals surface area contributed by atoms with Crippen LogP contribution < -0.4 is 5.32 Å². The number of imide groups is 1. The van der Waals surface area contributed by atoms with E-state index in [0.717, 1.165) is 24.8 Å². The molecule has 1 N–H and O–H groups in total. The van der Waals surface area contributed by atoms with Crippen LogP contribution in [0.15, 0.2) is 28.7 Å². The van der Waals surface area contributed by atoms with E-state index in [4.69, 9.17) is 16.0 Å². The van der Waals surface area contributed by atoms with E-state index < -0.39 is 5.54 Å². The fraction of sp³-hybridized carbons (Fsp3) is 0.545. The molecule has 1 spiro atoms. The summed E-state index contributed by atoms with van der Waals surface area (Å²) in [5.74, 6) is 0.836. The number of carbonyl (C=O) groups is 2. The number of aromatic nitrogens is 2. The van der Waals surface area contributed by atoms with Crippen LogP contribution in [0, 0.1) is 5.92 Å². The molecule has 0 unspecified atom stereocenters. The standard InChI is InChI=1S/C22H28ClN5O3/c1-14(2)27(12-18-25-26-19(31-18)16-7-9-17(23)10-8-16)13-28-20(29)22(24-21(28)30)11-5-4-6-15(22)3/h7-10,14-15H,4-6,11-13H2,1-3H3,(H,24,30)/t15-,22-/m0/s1. The number of carbonyl (C=O) groups excluding carboxylic acids is 2. The summed E-state index contributed by atoms with van der Waals surface area (Å²) >= 11 is 5.94. The molecule has 0 bridgehead atoms. The van der Waals surface area contributed by atoms with Crippen LogP contribution in [0.3, 0.4) is 0 Å². The maximum atomic E-state index is 13.3. The van der Waals surface area contributed by atoms with Gasteiger partial charge in [0.2, 0.25) is 11.8 Å². The Bertz CT molecular complexity index is 960. The number of amides is 3. The first-order valence-corrected chi connectivity index (χ1v) is 11.1. The molecule has 3 amide bonds. The van der Waals surface area contributed by atoms with Crippen LogP contribution in [0.25, 0.3) is 11.5 Å². The van der Waals surface area contributed by atoms with Crippen molar-refractivity contribution >= 4 is 23.5 Å². The highest BCUT2D eigenvalue weighted by atomic mass is 35.5. The van der Waals surface area contributed by atoms with E-state index >= 15 is 0 Å². The molecule has 0 radical (unpaired) electrons. The Morgan fingerprint density at radius 3 is 2.68 bits per heavy atom. The average molecular weight is 446 g/mol. The molecule has 2 aromatic rings. The maximum Gasteiger partial charge on any atom is 0.326 e. The van der Waals surface area contributed by atoms with Crippen LogP contribution in [0.2, 0.25) is 5.02 Å². The summed E-state index contributed by atoms with van der Waals surface area (Å²) in [7, 11) is 0. The molecule has 1 aromatic heterocycles. The summed E-state index contributed by atoms with van der Waals surface area (Å²) in [5.41, 5.74) is 0.0195. The summed E-state index contributed by atoms with van der Waals surface area (Å²) in [5, 5.41) is 11.9. The molecule has 1 aromatic carbocycles. The lowest BCUT2D eigenvalue weighted by Crippen LogP contribution is -2.54. The predicted octanol–water partition coefficient (Wildman–Crippen LogP) is 4.06. The van der Waals surface area contributed by atoms with Gasteiger partial charge in [0.05, 0.1) is 13.2 Å². The van der Waals surface area contributed by atoms with E-state index in [1.165, 1.54) is 4.90 Å². The topological polar surface area (TPSA) is 91.6 Å². The summed E-state index contributed by atoms with van der Waals surface area (Å²) in [6, 6.07) is 6.90. The van der Waals surface area contributed by atoms with Crippen LogP contribution in [0.1, 0.15) is 52.3 Å². The Morgan fingerprint density at radius 1 is 1.26 bits per heavy atom. The van der Waals surface area contributed by atoms with Crippen LogP contribution in [-0.4, -0.2) is 50.2 Å². The normalized spacial score (nSPS) is 23.9. The van der Waals surface area contributed by atoms with Crippen LogP contribution >= 0.6 is 11.6 Å². The highest BCUT2D eigenvalue weighted by Gasteiger charge is 2.55. The first kappa shape index (κ1) is 21.8. The van der Waals surface area contributed by atoms with Crippen LogP contribution in [0.5, 0.6) is 0 Å². The quantitative estimate of drug-likeness (QED) is 0.674. The molecule has 31 heavy (non-hydrogen) atoms. The van der Waals surface area contributed by atoms with Crippen LogP contribution in [-0.2, 0) is 11.3 Å². The van der Waals surface area contributed by atoms with Gasteiger partial charge in [-0.3, -0.25) is 9.69 Å². The molecule has 1 aliphatic carbocycles. The van der Waals surface area contributed by atoms with Gasteiger partial charge in [-0.1, -0.05) is 31.4 Å². The molecule has 2 atom stereocenters. The number of benzene rings is 1. The van der Waals surface area contributed by atoms with E-state index in [-0.39, 0.29) is 30.6 Å². The number of nitrogens with zero attached hydrogens (tertiary/aromatic N) is 4. The molecule has 1 saturated heterocycles. The highest BCUT2D eigenvalue weighted by molar-refractivity contribution is 6.30. The molecule has 166 valence electrons. The lowest BCUT2D eigenvalue weighted by molar-refractivity contribution is -0.136. The number of halogens is 1. The van der Waals surface area contributed by atoms with Crippen molar-refractivity contribution in [2.24, 2.45) is 5.92 Å². The Hall–Kier alpha value is -2.45. The third-order valence-corrected chi connectivity index (χ3v) is 6.70. The summed E-state index contributed by atoms with van der Waals surface area (Å²) in [4.78, 5) is 29.3. The Kier molecular flexibility index (Phi) is 6.03. The molecular weight excluding hydrogens is 418 g/mol. The SMILES string of the molecule is CC(C)N(Cc1nnc(-c2ccc(Cl)cc2)o1)CN1C(=O)N[C@]2(CCCC[C@@H]2C)C1=O. The van der Waals surface area contributed by atoms with Crippen molar-refractivity contribution in [2.75, 3.05) is 6.67 Å². The van der Waals surface area contributed by atoms with Gasteiger partial charge in [0.25, 0.3) is 5.91 Å². The van der Waals surface area contributed by atoms with Gasteiger partial charge in [0.1, 0.15) is 5.54 Å². The first-order valence-electron chi connectivity index (χ1n) is 10.8. The number of nitrogens with one attached hydrogen (secondary N) is 1. The second-order valence-corrected chi connectivity index (χ2v) is 9.21. The van der Waals surface area contributed by atoms with Crippen molar-refractivity contribution in [3.05, 3.63) is 35.2 Å². The van der Waals surface area contributed by atoms with Crippen molar-refractivity contribution in [3.63, 3.8) is 0 Å². The zero-order chi connectivity index (χ0) is 22.2. The fourth-order valence-electron chi connectivity index (χ4n) is 4.40. The average Bonchev–Trinajstić information content (AvgIpc) is 3.29. The van der Waals surface area contributed by atoms with Gasteiger partial charge < -0.3 is 9.73 Å². The second-order valence-electron chi connectivity index (χ2n) is 8.77. The van der Waals surface area contributed by atoms with Gasteiger partial charge in [-0.25, -0.2) is 9.69 Å². The number of rotatable bonds is 6. The van der Waals surface area contributed by atoms with E-state index in [9.17, 15) is 9.59 Å². The first-order chi connectivity index (χ1) is 14.8. The minimum Gasteiger partial charge on any atom is -0.419 e. The van der Waals surface area contributed by atoms with Crippen molar-refractivity contribution in [3.8, 4) is 11.5 Å². The van der Waals surface area contributed by atoms with Crippen molar-refractivity contribution < 1.29 is 14.0 Å². The molecule has 2 aliphatic rings. The molecule has 4 rings (SSSR count). The van der Waals surface area contributed by atoms with Gasteiger partial charge in [0, 0.05) is 16.6 Å². The minimum atomic E-state index is -0.760. The molecule has 2 fully saturated rings. The van der Waals surface area contributed by atoms with Gasteiger partial charge >= 0.3 is 6.03 Å². The van der Waals surface area contributed by atoms with E-state index in [0.29, 0.717) is 29.8 Å². The maximum absolute atomic E-state index is 13.3. The van der Waals surface area contributed by atoms with E-state index in [2.05, 4.69) is 22.4 Å². The Morgan fingerprint density at radius 2 is 2.00 bits per heavy atom. The van der Waals surface area contributed by atoms with Gasteiger partial charge in [-0.05, 0) is 56.9 Å². The smallest absolute Gasteiger partial charge is 0.326 e. The van der Waals surface area contributed by atoms with Crippen molar-refractivity contribution in [2.45, 2.75) is 64.6 Å². The molecule has 9 heteroatoms. The Balaban J connectivity index is 1.48. The lowest BCUT2D eigenvalue weighted by atomic mass is 9.73. The molecule has 2 heterocycles.